The van der Waals surface area contributed by atoms with E-state index in [4.69, 9.17) is 9.47 Å². The van der Waals surface area contributed by atoms with E-state index in [0.717, 1.165) is 22.2 Å². The van der Waals surface area contributed by atoms with Crippen LogP contribution in [0, 0.1) is 17.0 Å². The standard InChI is InChI=1S/C18H26N4O7/c1-13-8-16-15(2-3-20-16)17(9-13)28-11-14(23)10-19-4-5-21-18(24)12-27-6-7-29-22(25)26/h2-3,8-9,14,19-20,23H,4-7,10-12H2,1H3,(H,21,24). The molecule has 0 spiro atoms. The number of amides is 1. The minimum absolute atomic E-state index is 0.0468. The maximum Gasteiger partial charge on any atom is 0.294 e. The quantitative estimate of drug-likeness (QED) is 0.195. The molecular formula is C18H26N4O7. The first-order valence-electron chi connectivity index (χ1n) is 9.16. The first-order chi connectivity index (χ1) is 14.0. The van der Waals surface area contributed by atoms with Gasteiger partial charge in [0.25, 0.3) is 5.09 Å². The number of carbonyl (C=O) groups is 1. The molecule has 2 aromatic rings. The van der Waals surface area contributed by atoms with Crippen LogP contribution in [-0.4, -0.2) is 73.3 Å². The number of aromatic nitrogens is 1. The molecule has 1 aromatic heterocycles. The molecule has 0 aliphatic rings. The minimum atomic E-state index is -0.920. The van der Waals surface area contributed by atoms with Gasteiger partial charge in [0.05, 0.1) is 6.61 Å². The van der Waals surface area contributed by atoms with Gasteiger partial charge in [0, 0.05) is 36.7 Å². The number of hydrogen-bond acceptors (Lipinski definition) is 8. The van der Waals surface area contributed by atoms with Gasteiger partial charge in [0.15, 0.2) is 0 Å². The van der Waals surface area contributed by atoms with Crippen molar-refractivity contribution >= 4 is 16.8 Å². The van der Waals surface area contributed by atoms with E-state index in [1.165, 1.54) is 0 Å². The minimum Gasteiger partial charge on any atom is -0.490 e. The fourth-order valence-electron chi connectivity index (χ4n) is 2.58. The Kier molecular flexibility index (Phi) is 9.15. The number of fused-ring (bicyclic) bond motifs is 1. The summed E-state index contributed by atoms with van der Waals surface area (Å²) in [7, 11) is 0. The summed E-state index contributed by atoms with van der Waals surface area (Å²) in [5.41, 5.74) is 2.05. The van der Waals surface area contributed by atoms with Crippen molar-refractivity contribution in [2.24, 2.45) is 0 Å². The van der Waals surface area contributed by atoms with Gasteiger partial charge >= 0.3 is 0 Å². The van der Waals surface area contributed by atoms with Crippen LogP contribution in [0.3, 0.4) is 0 Å². The van der Waals surface area contributed by atoms with E-state index in [2.05, 4.69) is 20.5 Å². The lowest BCUT2D eigenvalue weighted by Gasteiger charge is -2.14. The highest BCUT2D eigenvalue weighted by molar-refractivity contribution is 5.86. The number of ether oxygens (including phenoxy) is 2. The van der Waals surface area contributed by atoms with E-state index in [-0.39, 0.29) is 32.3 Å². The maximum absolute atomic E-state index is 11.5. The summed E-state index contributed by atoms with van der Waals surface area (Å²) >= 11 is 0. The summed E-state index contributed by atoms with van der Waals surface area (Å²) in [5, 5.41) is 25.7. The van der Waals surface area contributed by atoms with Crippen LogP contribution in [0.4, 0.5) is 0 Å². The van der Waals surface area contributed by atoms with Crippen molar-refractivity contribution in [2.45, 2.75) is 13.0 Å². The molecule has 160 valence electrons. The van der Waals surface area contributed by atoms with Gasteiger partial charge in [-0.05, 0) is 30.7 Å². The molecule has 0 radical (unpaired) electrons. The van der Waals surface area contributed by atoms with Gasteiger partial charge in [0.2, 0.25) is 5.91 Å². The van der Waals surface area contributed by atoms with Crippen LogP contribution in [0.1, 0.15) is 5.56 Å². The predicted octanol–water partition coefficient (Wildman–Crippen LogP) is 0.147. The van der Waals surface area contributed by atoms with Crippen molar-refractivity contribution in [1.29, 1.82) is 0 Å². The molecule has 1 heterocycles. The Balaban J connectivity index is 1.53. The van der Waals surface area contributed by atoms with Gasteiger partial charge in [-0.3, -0.25) is 4.79 Å². The van der Waals surface area contributed by atoms with Crippen LogP contribution in [0.15, 0.2) is 24.4 Å². The Morgan fingerprint density at radius 1 is 1.34 bits per heavy atom. The second-order valence-corrected chi connectivity index (χ2v) is 6.33. The van der Waals surface area contributed by atoms with Gasteiger partial charge in [-0.2, -0.15) is 0 Å². The van der Waals surface area contributed by atoms with E-state index in [9.17, 15) is 20.0 Å². The highest BCUT2D eigenvalue weighted by Crippen LogP contribution is 2.26. The fraction of sp³-hybridized carbons (Fsp3) is 0.500. The van der Waals surface area contributed by atoms with Gasteiger partial charge in [-0.25, -0.2) is 0 Å². The average molecular weight is 410 g/mol. The Labute approximate surface area is 167 Å². The summed E-state index contributed by atoms with van der Waals surface area (Å²) in [5.74, 6) is 0.378. The van der Waals surface area contributed by atoms with Gasteiger partial charge in [-0.1, -0.05) is 0 Å². The smallest absolute Gasteiger partial charge is 0.294 e. The molecule has 0 aliphatic heterocycles. The Morgan fingerprint density at radius 2 is 2.17 bits per heavy atom. The summed E-state index contributed by atoms with van der Waals surface area (Å²) in [6, 6.07) is 5.88. The third-order valence-corrected chi connectivity index (χ3v) is 3.87. The second kappa shape index (κ2) is 11.8. The number of rotatable bonds is 14. The third-order valence-electron chi connectivity index (χ3n) is 3.87. The Morgan fingerprint density at radius 3 is 2.97 bits per heavy atom. The second-order valence-electron chi connectivity index (χ2n) is 6.33. The van der Waals surface area contributed by atoms with E-state index in [1.54, 1.807) is 0 Å². The number of nitrogens with one attached hydrogen (secondary N) is 3. The van der Waals surface area contributed by atoms with E-state index < -0.39 is 11.2 Å². The van der Waals surface area contributed by atoms with Crippen molar-refractivity contribution in [3.8, 4) is 5.75 Å². The molecule has 0 fully saturated rings. The first-order valence-corrected chi connectivity index (χ1v) is 9.16. The molecule has 11 nitrogen and oxygen atoms in total. The Hall–Kier alpha value is -2.89. The number of nitrogens with zero attached hydrogens (tertiary/aromatic N) is 1. The molecular weight excluding hydrogens is 384 g/mol. The SMILES string of the molecule is Cc1cc(OCC(O)CNCCNC(=O)COCCO[N+](=O)[O-])c2cc[nH]c2c1. The van der Waals surface area contributed by atoms with Crippen molar-refractivity contribution in [3.63, 3.8) is 0 Å². The third kappa shape index (κ3) is 8.34. The molecule has 0 bridgehead atoms. The summed E-state index contributed by atoms with van der Waals surface area (Å²) in [4.78, 5) is 28.6. The van der Waals surface area contributed by atoms with Crippen LogP contribution < -0.4 is 15.4 Å². The van der Waals surface area contributed by atoms with E-state index >= 15 is 0 Å². The molecule has 1 aromatic carbocycles. The highest BCUT2D eigenvalue weighted by Gasteiger charge is 2.09. The number of aliphatic hydroxyl groups is 1. The molecule has 2 rings (SSSR count). The Bertz CT molecular complexity index is 796. The number of aromatic amines is 1. The van der Waals surface area contributed by atoms with Gasteiger partial charge in [-0.15, -0.1) is 10.1 Å². The van der Waals surface area contributed by atoms with Crippen LogP contribution in [-0.2, 0) is 14.4 Å². The molecule has 1 atom stereocenters. The van der Waals surface area contributed by atoms with Crippen LogP contribution in [0.2, 0.25) is 0 Å². The van der Waals surface area contributed by atoms with Crippen LogP contribution in [0.25, 0.3) is 10.9 Å². The van der Waals surface area contributed by atoms with E-state index in [1.807, 2.05) is 31.3 Å². The zero-order valence-electron chi connectivity index (χ0n) is 16.2. The number of hydrogen-bond donors (Lipinski definition) is 4. The largest absolute Gasteiger partial charge is 0.490 e. The molecule has 4 N–H and O–H groups in total. The zero-order valence-corrected chi connectivity index (χ0v) is 16.2. The number of aliphatic hydroxyl groups excluding tert-OH is 1. The maximum atomic E-state index is 11.5. The van der Waals surface area contributed by atoms with Crippen LogP contribution >= 0.6 is 0 Å². The number of H-pyrrole nitrogens is 1. The summed E-state index contributed by atoms with van der Waals surface area (Å²) < 4.78 is 10.7. The van der Waals surface area contributed by atoms with Crippen LogP contribution in [0.5, 0.6) is 5.75 Å². The van der Waals surface area contributed by atoms with Crippen molar-refractivity contribution < 1.29 is 29.3 Å². The van der Waals surface area contributed by atoms with Crippen molar-refractivity contribution in [3.05, 3.63) is 40.1 Å². The fourth-order valence-corrected chi connectivity index (χ4v) is 2.58. The highest BCUT2D eigenvalue weighted by atomic mass is 17.0. The number of aryl methyl sites for hydroxylation is 1. The molecule has 11 heteroatoms. The number of benzene rings is 1. The topological polar surface area (TPSA) is 148 Å². The van der Waals surface area contributed by atoms with Crippen molar-refractivity contribution in [1.82, 2.24) is 15.6 Å². The normalized spacial score (nSPS) is 11.9. The molecule has 1 amide bonds. The molecule has 29 heavy (non-hydrogen) atoms. The first kappa shape index (κ1) is 22.4. The molecule has 0 saturated carbocycles. The van der Waals surface area contributed by atoms with Crippen molar-refractivity contribution in [2.75, 3.05) is 46.1 Å². The lowest BCUT2D eigenvalue weighted by atomic mass is 10.1. The zero-order chi connectivity index (χ0) is 21.1. The van der Waals surface area contributed by atoms with Gasteiger partial charge < -0.3 is 35.0 Å². The molecule has 0 aliphatic carbocycles. The predicted molar refractivity (Wildman–Crippen MR) is 104 cm³/mol. The lowest BCUT2D eigenvalue weighted by molar-refractivity contribution is -0.758. The number of carbonyl (C=O) groups excluding carboxylic acids is 1. The molecule has 1 unspecified atom stereocenters. The average Bonchev–Trinajstić information content (AvgIpc) is 3.13. The van der Waals surface area contributed by atoms with Gasteiger partial charge in [0.1, 0.15) is 31.7 Å². The summed E-state index contributed by atoms with van der Waals surface area (Å²) in [6.07, 6.45) is 1.14. The molecule has 0 saturated heterocycles. The van der Waals surface area contributed by atoms with E-state index in [0.29, 0.717) is 19.6 Å². The lowest BCUT2D eigenvalue weighted by Crippen LogP contribution is -2.38. The monoisotopic (exact) mass is 410 g/mol. The summed E-state index contributed by atoms with van der Waals surface area (Å²) in [6.45, 7) is 2.76.